The average molecular weight is 294 g/mol. The van der Waals surface area contributed by atoms with Gasteiger partial charge >= 0.3 is 6.18 Å². The van der Waals surface area contributed by atoms with Crippen LogP contribution in [-0.4, -0.2) is 29.9 Å². The van der Waals surface area contributed by atoms with Crippen LogP contribution in [-0.2, 0) is 19.3 Å². The number of alkyl halides is 3. The normalized spacial score (nSPS) is 18.9. The minimum atomic E-state index is -4.26. The zero-order chi connectivity index (χ0) is 15.0. The second kappa shape index (κ2) is 5.22. The van der Waals surface area contributed by atoms with Crippen molar-refractivity contribution in [3.05, 3.63) is 58.8 Å². The highest BCUT2D eigenvalue weighted by Gasteiger charge is 2.32. The van der Waals surface area contributed by atoms with Gasteiger partial charge in [-0.2, -0.15) is 13.2 Å². The first-order chi connectivity index (χ1) is 9.93. The lowest BCUT2D eigenvalue weighted by Crippen LogP contribution is -2.29. The van der Waals surface area contributed by atoms with E-state index >= 15 is 0 Å². The van der Waals surface area contributed by atoms with Gasteiger partial charge in [0.05, 0.1) is 5.56 Å². The van der Waals surface area contributed by atoms with E-state index in [9.17, 15) is 13.2 Å². The monoisotopic (exact) mass is 294 g/mol. The first-order valence-electron chi connectivity index (χ1n) is 6.91. The summed E-state index contributed by atoms with van der Waals surface area (Å²) >= 11 is 0. The molecule has 0 radical (unpaired) electrons. The summed E-state index contributed by atoms with van der Waals surface area (Å²) in [5.74, 6) is 0. The van der Waals surface area contributed by atoms with Crippen molar-refractivity contribution in [2.45, 2.75) is 19.3 Å². The lowest BCUT2D eigenvalue weighted by molar-refractivity contribution is -0.137. The molecule has 0 unspecified atom stereocenters. The quantitative estimate of drug-likeness (QED) is 0.825. The Bertz CT molecular complexity index is 602. The summed E-state index contributed by atoms with van der Waals surface area (Å²) in [6.07, 6.45) is 1.91. The van der Waals surface area contributed by atoms with Crippen molar-refractivity contribution in [2.24, 2.45) is 0 Å². The van der Waals surface area contributed by atoms with Crippen LogP contribution in [0.4, 0.5) is 13.2 Å². The van der Waals surface area contributed by atoms with Crippen LogP contribution in [0.15, 0.2) is 42.1 Å². The maximum absolute atomic E-state index is 12.7. The largest absolute Gasteiger partial charge is 0.416 e. The molecule has 0 amide bonds. The van der Waals surface area contributed by atoms with Gasteiger partial charge in [-0.3, -0.25) is 4.90 Å². The van der Waals surface area contributed by atoms with E-state index in [1.807, 2.05) is 13.1 Å². The van der Waals surface area contributed by atoms with Crippen LogP contribution in [0.2, 0.25) is 0 Å². The van der Waals surface area contributed by atoms with Crippen molar-refractivity contribution in [3.8, 4) is 0 Å². The smallest absolute Gasteiger partial charge is 0.373 e. The van der Waals surface area contributed by atoms with Gasteiger partial charge in [-0.15, -0.1) is 0 Å². The molecular weight excluding hydrogens is 277 g/mol. The zero-order valence-corrected chi connectivity index (χ0v) is 11.8. The van der Waals surface area contributed by atoms with Crippen LogP contribution in [0.5, 0.6) is 0 Å². The Morgan fingerprint density at radius 1 is 1.14 bits per heavy atom. The maximum atomic E-state index is 12.7. The minimum absolute atomic E-state index is 0.556. The molecule has 112 valence electrons. The van der Waals surface area contributed by atoms with Crippen molar-refractivity contribution in [3.63, 3.8) is 0 Å². The van der Waals surface area contributed by atoms with Crippen LogP contribution in [0.1, 0.15) is 16.7 Å². The Labute approximate surface area is 122 Å². The average Bonchev–Trinajstić information content (AvgIpc) is 2.81. The fourth-order valence-electron chi connectivity index (χ4n) is 2.80. The lowest BCUT2D eigenvalue weighted by Gasteiger charge is -2.27. The third kappa shape index (κ3) is 2.97. The molecule has 2 aliphatic heterocycles. The van der Waals surface area contributed by atoms with E-state index < -0.39 is 11.7 Å². The van der Waals surface area contributed by atoms with Gasteiger partial charge < -0.3 is 4.90 Å². The Hall–Kier alpha value is -1.75. The number of fused-ring (bicyclic) bond motifs is 1. The third-order valence-corrected chi connectivity index (χ3v) is 4.00. The zero-order valence-electron chi connectivity index (χ0n) is 11.8. The Balaban J connectivity index is 1.73. The van der Waals surface area contributed by atoms with Crippen molar-refractivity contribution >= 4 is 0 Å². The Morgan fingerprint density at radius 3 is 2.62 bits per heavy atom. The highest BCUT2D eigenvalue weighted by Crippen LogP contribution is 2.33. The van der Waals surface area contributed by atoms with E-state index in [0.29, 0.717) is 13.1 Å². The second-order valence-corrected chi connectivity index (χ2v) is 5.59. The molecule has 21 heavy (non-hydrogen) atoms. The number of likely N-dealkylation sites (N-methyl/N-ethyl adjacent to an activating group) is 1. The molecule has 0 saturated carbocycles. The molecule has 2 nitrogen and oxygen atoms in total. The van der Waals surface area contributed by atoms with Gasteiger partial charge in [0.1, 0.15) is 0 Å². The standard InChI is InChI=1S/C16H17F3N2/c1-20-7-3-2-4-15(20)11-21-9-12-5-6-14(16(17,18)19)8-13(12)10-21/h2-6,8H,7,9-11H2,1H3. The molecule has 0 atom stereocenters. The van der Waals surface area contributed by atoms with Crippen molar-refractivity contribution < 1.29 is 13.2 Å². The predicted octanol–water partition coefficient (Wildman–Crippen LogP) is 3.41. The second-order valence-electron chi connectivity index (χ2n) is 5.59. The summed E-state index contributed by atoms with van der Waals surface area (Å²) in [6, 6.07) is 4.07. The molecule has 2 aliphatic rings. The van der Waals surface area contributed by atoms with Gasteiger partial charge in [0.15, 0.2) is 0 Å². The molecule has 0 spiro atoms. The van der Waals surface area contributed by atoms with Crippen molar-refractivity contribution in [2.75, 3.05) is 20.1 Å². The molecular formula is C16H17F3N2. The van der Waals surface area contributed by atoms with Gasteiger partial charge in [-0.1, -0.05) is 18.2 Å². The van der Waals surface area contributed by atoms with Crippen molar-refractivity contribution in [1.82, 2.24) is 9.80 Å². The maximum Gasteiger partial charge on any atom is 0.416 e. The molecule has 0 saturated heterocycles. The van der Waals surface area contributed by atoms with Crippen LogP contribution >= 0.6 is 0 Å². The summed E-state index contributed by atoms with van der Waals surface area (Å²) in [7, 11) is 2.03. The molecule has 0 aliphatic carbocycles. The van der Waals surface area contributed by atoms with Gasteiger partial charge in [0.2, 0.25) is 0 Å². The van der Waals surface area contributed by atoms with Gasteiger partial charge in [-0.25, -0.2) is 0 Å². The number of allylic oxidation sites excluding steroid dienone is 2. The number of benzene rings is 1. The highest BCUT2D eigenvalue weighted by molar-refractivity contribution is 5.36. The van der Waals surface area contributed by atoms with Crippen molar-refractivity contribution in [1.29, 1.82) is 0 Å². The summed E-state index contributed by atoms with van der Waals surface area (Å²) in [5, 5.41) is 0. The molecule has 1 aromatic rings. The van der Waals surface area contributed by atoms with Crippen LogP contribution in [0, 0.1) is 0 Å². The number of hydrogen-bond acceptors (Lipinski definition) is 2. The topological polar surface area (TPSA) is 6.48 Å². The predicted molar refractivity (Wildman–Crippen MR) is 75.4 cm³/mol. The lowest BCUT2D eigenvalue weighted by atomic mass is 10.1. The van der Waals surface area contributed by atoms with E-state index in [-0.39, 0.29) is 0 Å². The van der Waals surface area contributed by atoms with Crippen LogP contribution in [0.25, 0.3) is 0 Å². The third-order valence-electron chi connectivity index (χ3n) is 4.00. The minimum Gasteiger partial charge on any atom is -0.373 e. The van der Waals surface area contributed by atoms with Gasteiger partial charge in [0.25, 0.3) is 0 Å². The molecule has 0 bridgehead atoms. The van der Waals surface area contributed by atoms with E-state index in [1.54, 1.807) is 6.07 Å². The first-order valence-corrected chi connectivity index (χ1v) is 6.91. The molecule has 3 rings (SSSR count). The number of rotatable bonds is 2. The molecule has 5 heteroatoms. The number of halogens is 3. The van der Waals surface area contributed by atoms with Crippen LogP contribution in [0.3, 0.4) is 0 Å². The SMILES string of the molecule is CN1CC=CC=C1CN1Cc2ccc(C(F)(F)F)cc2C1. The molecule has 0 aromatic heterocycles. The van der Waals surface area contributed by atoms with E-state index in [2.05, 4.69) is 22.0 Å². The molecule has 0 fully saturated rings. The number of nitrogens with zero attached hydrogens (tertiary/aromatic N) is 2. The molecule has 1 aromatic carbocycles. The summed E-state index contributed by atoms with van der Waals surface area (Å²) < 4.78 is 38.2. The van der Waals surface area contributed by atoms with Gasteiger partial charge in [-0.05, 0) is 29.3 Å². The molecule has 2 heterocycles. The first kappa shape index (κ1) is 14.2. The fraction of sp³-hybridized carbons (Fsp3) is 0.375. The Kier molecular flexibility index (Phi) is 3.53. The fourth-order valence-corrected chi connectivity index (χ4v) is 2.80. The summed E-state index contributed by atoms with van der Waals surface area (Å²) in [5.41, 5.74) is 2.43. The highest BCUT2D eigenvalue weighted by atomic mass is 19.4. The summed E-state index contributed by atoms with van der Waals surface area (Å²) in [4.78, 5) is 4.33. The molecule has 0 N–H and O–H groups in total. The summed E-state index contributed by atoms with van der Waals surface area (Å²) in [6.45, 7) is 2.93. The number of hydrogen-bond donors (Lipinski definition) is 0. The Morgan fingerprint density at radius 2 is 1.90 bits per heavy atom. The van der Waals surface area contributed by atoms with E-state index in [0.717, 1.165) is 24.2 Å². The van der Waals surface area contributed by atoms with E-state index in [1.165, 1.54) is 17.8 Å². The van der Waals surface area contributed by atoms with Gasteiger partial charge in [0, 0.05) is 38.9 Å². The van der Waals surface area contributed by atoms with Crippen LogP contribution < -0.4 is 0 Å². The van der Waals surface area contributed by atoms with E-state index in [4.69, 9.17) is 0 Å².